The Hall–Kier alpha value is -2.53. The number of Topliss-reactive ketones (excluding diaryl/α,β-unsaturated/α-hetero) is 1. The number of carbonyl (C=O) groups is 1. The van der Waals surface area contributed by atoms with Gasteiger partial charge in [-0.15, -0.1) is 11.3 Å². The van der Waals surface area contributed by atoms with Crippen molar-refractivity contribution in [2.75, 3.05) is 37.6 Å². The van der Waals surface area contributed by atoms with E-state index in [-0.39, 0.29) is 12.3 Å². The molecule has 2 aromatic carbocycles. The maximum Gasteiger partial charge on any atom is 0.170 e. The van der Waals surface area contributed by atoms with Gasteiger partial charge in [0.15, 0.2) is 11.7 Å². The van der Waals surface area contributed by atoms with Crippen LogP contribution in [0.5, 0.6) is 0 Å². The van der Waals surface area contributed by atoms with Crippen molar-refractivity contribution in [1.82, 2.24) is 9.88 Å². The van der Waals surface area contributed by atoms with Gasteiger partial charge in [-0.2, -0.15) is 5.26 Å². The predicted octanol–water partition coefficient (Wildman–Crippen LogP) is 4.57. The summed E-state index contributed by atoms with van der Waals surface area (Å²) in [6.45, 7) is 3.65. The van der Waals surface area contributed by atoms with Gasteiger partial charge in [-0.05, 0) is 24.3 Å². The van der Waals surface area contributed by atoms with E-state index in [9.17, 15) is 10.1 Å². The van der Waals surface area contributed by atoms with E-state index in [1.807, 2.05) is 47.8 Å². The fourth-order valence-corrected chi connectivity index (χ4v) is 4.71. The Morgan fingerprint density at radius 3 is 2.47 bits per heavy atom. The second-order valence-electron chi connectivity index (χ2n) is 7.21. The van der Waals surface area contributed by atoms with Crippen molar-refractivity contribution in [3.8, 4) is 17.3 Å². The van der Waals surface area contributed by atoms with Gasteiger partial charge in [-0.1, -0.05) is 46.3 Å². The smallest absolute Gasteiger partial charge is 0.170 e. The average molecular weight is 481 g/mol. The van der Waals surface area contributed by atoms with Crippen LogP contribution in [0.2, 0.25) is 0 Å². The van der Waals surface area contributed by atoms with E-state index in [0.29, 0.717) is 5.01 Å². The molecule has 0 spiro atoms. The number of nitrogens with zero attached hydrogens (tertiary/aromatic N) is 4. The Morgan fingerprint density at radius 1 is 1.10 bits per heavy atom. The molecular weight excluding hydrogens is 460 g/mol. The highest BCUT2D eigenvalue weighted by molar-refractivity contribution is 9.10. The Morgan fingerprint density at radius 2 is 1.80 bits per heavy atom. The molecule has 1 aromatic heterocycles. The largest absolute Gasteiger partial charge is 0.369 e. The van der Waals surface area contributed by atoms with Gasteiger partial charge in [0.2, 0.25) is 0 Å². The molecule has 1 saturated heterocycles. The van der Waals surface area contributed by atoms with Crippen LogP contribution in [0.3, 0.4) is 0 Å². The van der Waals surface area contributed by atoms with Crippen LogP contribution in [-0.2, 0) is 4.79 Å². The lowest BCUT2D eigenvalue weighted by Crippen LogP contribution is -2.48. The molecule has 1 aliphatic heterocycles. The maximum absolute atomic E-state index is 12.9. The van der Waals surface area contributed by atoms with E-state index >= 15 is 0 Å². The molecule has 0 bridgehead atoms. The number of carbonyl (C=O) groups excluding carboxylic acids is 1. The number of halogens is 1. The lowest BCUT2D eigenvalue weighted by Gasteiger charge is -2.35. The Kier molecular flexibility index (Phi) is 6.58. The highest BCUT2D eigenvalue weighted by Gasteiger charge is 2.27. The summed E-state index contributed by atoms with van der Waals surface area (Å²) in [7, 11) is 0. The fraction of sp³-hybridized carbons (Fsp3) is 0.261. The molecule has 1 fully saturated rings. The monoisotopic (exact) mass is 480 g/mol. The molecule has 1 aliphatic rings. The molecule has 0 amide bonds. The second kappa shape index (κ2) is 9.52. The maximum atomic E-state index is 12.9. The molecule has 1 atom stereocenters. The standard InChI is InChI=1S/C23H21BrN4OS/c24-18-8-6-17(7-9-18)21-16-30-23(26-21)20(14-25)22(29)15-27-10-12-28(13-11-27)19-4-2-1-3-5-19/h1-9,16,20H,10-13,15H2/t20-/m1/s1. The minimum Gasteiger partial charge on any atom is -0.369 e. The summed E-state index contributed by atoms with van der Waals surface area (Å²) in [6, 6.07) is 20.3. The third kappa shape index (κ3) is 4.78. The first kappa shape index (κ1) is 20.7. The molecule has 5 nitrogen and oxygen atoms in total. The van der Waals surface area contributed by atoms with Crippen LogP contribution in [-0.4, -0.2) is 48.4 Å². The molecule has 0 radical (unpaired) electrons. The number of benzene rings is 2. The summed E-state index contributed by atoms with van der Waals surface area (Å²) in [6.07, 6.45) is 0. The van der Waals surface area contributed by atoms with Crippen molar-refractivity contribution in [3.63, 3.8) is 0 Å². The second-order valence-corrected chi connectivity index (χ2v) is 9.01. The highest BCUT2D eigenvalue weighted by Crippen LogP contribution is 2.28. The Balaban J connectivity index is 1.37. The fourth-order valence-electron chi connectivity index (χ4n) is 3.55. The van der Waals surface area contributed by atoms with Crippen LogP contribution in [0.15, 0.2) is 64.5 Å². The van der Waals surface area contributed by atoms with Crippen molar-refractivity contribution in [1.29, 1.82) is 5.26 Å². The molecule has 0 unspecified atom stereocenters. The summed E-state index contributed by atoms with van der Waals surface area (Å²) in [5.74, 6) is -0.895. The minimum atomic E-state index is -0.814. The van der Waals surface area contributed by atoms with Gasteiger partial charge in [-0.25, -0.2) is 4.98 Å². The molecule has 0 saturated carbocycles. The van der Waals surface area contributed by atoms with Crippen LogP contribution >= 0.6 is 27.3 Å². The number of rotatable bonds is 6. The lowest BCUT2D eigenvalue weighted by atomic mass is 10.1. The van der Waals surface area contributed by atoms with Crippen molar-refractivity contribution >= 4 is 38.7 Å². The molecule has 30 heavy (non-hydrogen) atoms. The molecule has 0 aliphatic carbocycles. The lowest BCUT2D eigenvalue weighted by molar-refractivity contribution is -0.120. The summed E-state index contributed by atoms with van der Waals surface area (Å²) in [4.78, 5) is 21.9. The van der Waals surface area contributed by atoms with Crippen molar-refractivity contribution in [3.05, 3.63) is 69.5 Å². The topological polar surface area (TPSA) is 60.2 Å². The molecule has 7 heteroatoms. The van der Waals surface area contributed by atoms with E-state index in [1.165, 1.54) is 17.0 Å². The molecule has 4 rings (SSSR count). The van der Waals surface area contributed by atoms with Crippen LogP contribution in [0.4, 0.5) is 5.69 Å². The van der Waals surface area contributed by atoms with Gasteiger partial charge >= 0.3 is 0 Å². The molecule has 0 N–H and O–H groups in total. The summed E-state index contributed by atoms with van der Waals surface area (Å²) in [5, 5.41) is 12.1. The van der Waals surface area contributed by atoms with Crippen molar-refractivity contribution < 1.29 is 4.79 Å². The van der Waals surface area contributed by atoms with Crippen LogP contribution < -0.4 is 4.90 Å². The van der Waals surface area contributed by atoms with Gasteiger partial charge in [0.25, 0.3) is 0 Å². The van der Waals surface area contributed by atoms with Gasteiger partial charge < -0.3 is 4.90 Å². The number of para-hydroxylation sites is 1. The van der Waals surface area contributed by atoms with Gasteiger partial charge in [-0.3, -0.25) is 9.69 Å². The first-order chi connectivity index (χ1) is 14.6. The van der Waals surface area contributed by atoms with Crippen LogP contribution in [0.1, 0.15) is 10.9 Å². The zero-order valence-electron chi connectivity index (χ0n) is 16.4. The van der Waals surface area contributed by atoms with E-state index in [0.717, 1.165) is 41.9 Å². The number of nitriles is 1. The van der Waals surface area contributed by atoms with Crippen LogP contribution in [0.25, 0.3) is 11.3 Å². The summed E-state index contributed by atoms with van der Waals surface area (Å²) in [5.41, 5.74) is 2.98. The number of hydrogen-bond donors (Lipinski definition) is 0. The zero-order valence-corrected chi connectivity index (χ0v) is 18.8. The Bertz CT molecular complexity index is 1040. The van der Waals surface area contributed by atoms with Crippen molar-refractivity contribution in [2.24, 2.45) is 0 Å². The third-order valence-electron chi connectivity index (χ3n) is 5.23. The average Bonchev–Trinajstić information content (AvgIpc) is 3.26. The first-order valence-electron chi connectivity index (χ1n) is 9.80. The molecular formula is C23H21BrN4OS. The van der Waals surface area contributed by atoms with Gasteiger partial charge in [0.05, 0.1) is 18.3 Å². The number of ketones is 1. The van der Waals surface area contributed by atoms with E-state index in [1.54, 1.807) is 0 Å². The Labute approximate surface area is 188 Å². The van der Waals surface area contributed by atoms with Crippen LogP contribution in [0, 0.1) is 11.3 Å². The molecule has 3 aromatic rings. The summed E-state index contributed by atoms with van der Waals surface area (Å²) >= 11 is 4.80. The highest BCUT2D eigenvalue weighted by atomic mass is 79.9. The zero-order chi connectivity index (χ0) is 20.9. The van der Waals surface area contributed by atoms with E-state index in [2.05, 4.69) is 48.9 Å². The normalized spacial score (nSPS) is 15.5. The number of thiazole rings is 1. The molecule has 152 valence electrons. The number of aromatic nitrogens is 1. The number of hydrogen-bond acceptors (Lipinski definition) is 6. The minimum absolute atomic E-state index is 0.0811. The third-order valence-corrected chi connectivity index (χ3v) is 6.67. The van der Waals surface area contributed by atoms with Gasteiger partial charge in [0.1, 0.15) is 5.01 Å². The first-order valence-corrected chi connectivity index (χ1v) is 11.5. The molecule has 2 heterocycles. The quantitative estimate of drug-likeness (QED) is 0.516. The van der Waals surface area contributed by atoms with E-state index in [4.69, 9.17) is 0 Å². The SMILES string of the molecule is N#C[C@H](C(=O)CN1CCN(c2ccccc2)CC1)c1nc(-c2ccc(Br)cc2)cs1. The van der Waals surface area contributed by atoms with E-state index < -0.39 is 5.92 Å². The van der Waals surface area contributed by atoms with Gasteiger partial charge in [0, 0.05) is 47.3 Å². The number of anilines is 1. The summed E-state index contributed by atoms with van der Waals surface area (Å²) < 4.78 is 0.999. The predicted molar refractivity (Wildman–Crippen MR) is 124 cm³/mol. The number of piperazine rings is 1. The van der Waals surface area contributed by atoms with Crippen molar-refractivity contribution in [2.45, 2.75) is 5.92 Å².